The highest BCUT2D eigenvalue weighted by atomic mass is 16.4. The Morgan fingerprint density at radius 2 is 1.86 bits per heavy atom. The first-order valence-electron chi connectivity index (χ1n) is 7.34. The van der Waals surface area contributed by atoms with Gasteiger partial charge in [-0.3, -0.25) is 4.79 Å². The zero-order chi connectivity index (χ0) is 16.3. The van der Waals surface area contributed by atoms with Crippen LogP contribution >= 0.6 is 0 Å². The zero-order valence-corrected chi connectivity index (χ0v) is 13.1. The molecule has 0 aliphatic heterocycles. The van der Waals surface area contributed by atoms with Gasteiger partial charge >= 0.3 is 5.63 Å². The van der Waals surface area contributed by atoms with Crippen LogP contribution < -0.4 is 5.63 Å². The average molecular weight is 300 g/mol. The molecule has 1 aromatic carbocycles. The minimum Gasteiger partial charge on any atom is -0.507 e. The van der Waals surface area contributed by atoms with Gasteiger partial charge in [0.05, 0.1) is 0 Å². The van der Waals surface area contributed by atoms with Crippen molar-refractivity contribution in [3.05, 3.63) is 63.2 Å². The van der Waals surface area contributed by atoms with E-state index in [0.717, 1.165) is 5.56 Å². The highest BCUT2D eigenvalue weighted by molar-refractivity contribution is 5.98. The minimum atomic E-state index is -0.780. The summed E-state index contributed by atoms with van der Waals surface area (Å²) in [6.07, 6.45) is 0.673. The van der Waals surface area contributed by atoms with E-state index in [-0.39, 0.29) is 23.5 Å². The first-order valence-corrected chi connectivity index (χ1v) is 7.34. The Hall–Kier alpha value is -2.36. The number of carbonyl (C=O) groups is 1. The van der Waals surface area contributed by atoms with Gasteiger partial charge < -0.3 is 9.52 Å². The van der Waals surface area contributed by atoms with Crippen molar-refractivity contribution in [1.82, 2.24) is 0 Å². The second-order valence-corrected chi connectivity index (χ2v) is 5.72. The fourth-order valence-electron chi connectivity index (χ4n) is 2.30. The Morgan fingerprint density at radius 3 is 2.41 bits per heavy atom. The summed E-state index contributed by atoms with van der Waals surface area (Å²) in [4.78, 5) is 23.8. The van der Waals surface area contributed by atoms with E-state index < -0.39 is 11.4 Å². The lowest BCUT2D eigenvalue weighted by atomic mass is 9.99. The SMILES string of the molecule is Cc1cc(O)c(C(=O)CCc2ccc(C(C)C)cc2)c(=O)o1. The summed E-state index contributed by atoms with van der Waals surface area (Å²) in [5.41, 5.74) is 1.22. The quantitative estimate of drug-likeness (QED) is 0.857. The van der Waals surface area contributed by atoms with Crippen LogP contribution in [0.4, 0.5) is 0 Å². The van der Waals surface area contributed by atoms with E-state index in [1.165, 1.54) is 11.6 Å². The Morgan fingerprint density at radius 1 is 1.23 bits per heavy atom. The van der Waals surface area contributed by atoms with Gasteiger partial charge in [-0.15, -0.1) is 0 Å². The smallest absolute Gasteiger partial charge is 0.350 e. The van der Waals surface area contributed by atoms with Gasteiger partial charge in [-0.1, -0.05) is 38.1 Å². The second-order valence-electron chi connectivity index (χ2n) is 5.72. The molecule has 116 valence electrons. The van der Waals surface area contributed by atoms with E-state index in [1.807, 2.05) is 24.3 Å². The molecular formula is C18H20O4. The van der Waals surface area contributed by atoms with Gasteiger partial charge in [-0.05, 0) is 30.4 Å². The maximum atomic E-state index is 12.1. The molecule has 0 radical (unpaired) electrons. The lowest BCUT2D eigenvalue weighted by molar-refractivity contribution is 0.0975. The molecule has 2 rings (SSSR count). The number of hydrogen-bond donors (Lipinski definition) is 1. The Bertz CT molecular complexity index is 724. The molecule has 1 aromatic heterocycles. The predicted molar refractivity (Wildman–Crippen MR) is 84.6 cm³/mol. The Kier molecular flexibility index (Phi) is 4.81. The number of carbonyl (C=O) groups excluding carboxylic acids is 1. The van der Waals surface area contributed by atoms with Crippen LogP contribution in [0.25, 0.3) is 0 Å². The third-order valence-corrected chi connectivity index (χ3v) is 3.62. The van der Waals surface area contributed by atoms with E-state index in [2.05, 4.69) is 13.8 Å². The number of hydrogen-bond acceptors (Lipinski definition) is 4. The molecule has 0 unspecified atom stereocenters. The molecule has 1 N–H and O–H groups in total. The molecule has 0 fully saturated rings. The van der Waals surface area contributed by atoms with Crippen LogP contribution in [0.5, 0.6) is 5.75 Å². The van der Waals surface area contributed by atoms with Crippen LogP contribution in [0.2, 0.25) is 0 Å². The van der Waals surface area contributed by atoms with E-state index >= 15 is 0 Å². The summed E-state index contributed by atoms with van der Waals surface area (Å²) < 4.78 is 4.87. The molecule has 4 heteroatoms. The fraction of sp³-hybridized carbons (Fsp3) is 0.333. The van der Waals surface area contributed by atoms with Crippen molar-refractivity contribution in [3.8, 4) is 5.75 Å². The van der Waals surface area contributed by atoms with Gasteiger partial charge in [-0.2, -0.15) is 0 Å². The molecule has 0 spiro atoms. The normalized spacial score (nSPS) is 10.9. The summed E-state index contributed by atoms with van der Waals surface area (Å²) in [5.74, 6) is 0.0289. The molecule has 0 aliphatic carbocycles. The summed E-state index contributed by atoms with van der Waals surface area (Å²) >= 11 is 0. The van der Waals surface area contributed by atoms with Gasteiger partial charge in [0.15, 0.2) is 5.78 Å². The van der Waals surface area contributed by atoms with Gasteiger partial charge in [0.2, 0.25) is 0 Å². The minimum absolute atomic E-state index is 0.155. The second kappa shape index (κ2) is 6.60. The van der Waals surface area contributed by atoms with Crippen LogP contribution in [0, 0.1) is 6.92 Å². The molecule has 4 nitrogen and oxygen atoms in total. The van der Waals surface area contributed by atoms with Gasteiger partial charge in [0, 0.05) is 12.5 Å². The molecular weight excluding hydrogens is 280 g/mol. The molecule has 0 atom stereocenters. The third-order valence-electron chi connectivity index (χ3n) is 3.62. The van der Waals surface area contributed by atoms with E-state index in [1.54, 1.807) is 6.92 Å². The molecule has 0 saturated carbocycles. The van der Waals surface area contributed by atoms with Crippen molar-refractivity contribution in [2.24, 2.45) is 0 Å². The van der Waals surface area contributed by atoms with Crippen molar-refractivity contribution in [3.63, 3.8) is 0 Å². The monoisotopic (exact) mass is 300 g/mol. The topological polar surface area (TPSA) is 67.5 Å². The molecule has 0 saturated heterocycles. The maximum absolute atomic E-state index is 12.1. The van der Waals surface area contributed by atoms with E-state index in [0.29, 0.717) is 12.3 Å². The molecule has 0 aliphatic rings. The summed E-state index contributed by atoms with van der Waals surface area (Å²) in [6.45, 7) is 5.79. The first-order chi connectivity index (χ1) is 10.4. The number of ketones is 1. The zero-order valence-electron chi connectivity index (χ0n) is 13.1. The average Bonchev–Trinajstić information content (AvgIpc) is 2.44. The molecule has 0 amide bonds. The first kappa shape index (κ1) is 16.0. The van der Waals surface area contributed by atoms with Crippen molar-refractivity contribution >= 4 is 5.78 Å². The lowest BCUT2D eigenvalue weighted by Crippen LogP contribution is -2.15. The van der Waals surface area contributed by atoms with E-state index in [9.17, 15) is 14.7 Å². The van der Waals surface area contributed by atoms with Crippen molar-refractivity contribution in [2.75, 3.05) is 0 Å². The van der Waals surface area contributed by atoms with Gasteiger partial charge in [0.1, 0.15) is 17.1 Å². The summed E-state index contributed by atoms with van der Waals surface area (Å²) in [6, 6.07) is 9.34. The number of Topliss-reactive ketones (excluding diaryl/α,β-unsaturated/α-hetero) is 1. The van der Waals surface area contributed by atoms with Crippen LogP contribution in [-0.4, -0.2) is 10.9 Å². The number of aryl methyl sites for hydroxylation is 2. The molecule has 0 bridgehead atoms. The summed E-state index contributed by atoms with van der Waals surface area (Å²) in [5, 5.41) is 9.76. The highest BCUT2D eigenvalue weighted by Crippen LogP contribution is 2.19. The molecule has 2 aromatic rings. The van der Waals surface area contributed by atoms with Gasteiger partial charge in [-0.25, -0.2) is 4.79 Å². The number of benzene rings is 1. The number of rotatable bonds is 5. The van der Waals surface area contributed by atoms with Crippen molar-refractivity contribution in [2.45, 2.75) is 39.5 Å². The summed E-state index contributed by atoms with van der Waals surface area (Å²) in [7, 11) is 0. The molecule has 22 heavy (non-hydrogen) atoms. The van der Waals surface area contributed by atoms with Crippen molar-refractivity contribution < 1.29 is 14.3 Å². The maximum Gasteiger partial charge on any atom is 0.350 e. The molecule has 1 heterocycles. The predicted octanol–water partition coefficient (Wildman–Crippen LogP) is 3.59. The highest BCUT2D eigenvalue weighted by Gasteiger charge is 2.18. The number of aromatic hydroxyl groups is 1. The Balaban J connectivity index is 2.09. The Labute approximate surface area is 129 Å². The lowest BCUT2D eigenvalue weighted by Gasteiger charge is -2.07. The van der Waals surface area contributed by atoms with Crippen LogP contribution in [0.3, 0.4) is 0 Å². The van der Waals surface area contributed by atoms with E-state index in [4.69, 9.17) is 4.42 Å². The van der Waals surface area contributed by atoms with Gasteiger partial charge in [0.25, 0.3) is 0 Å². The van der Waals surface area contributed by atoms with Crippen LogP contribution in [0.15, 0.2) is 39.5 Å². The van der Waals surface area contributed by atoms with Crippen LogP contribution in [-0.2, 0) is 6.42 Å². The third kappa shape index (κ3) is 3.64. The van der Waals surface area contributed by atoms with Crippen LogP contribution in [0.1, 0.15) is 53.4 Å². The van der Waals surface area contributed by atoms with Crippen molar-refractivity contribution in [1.29, 1.82) is 0 Å². The largest absolute Gasteiger partial charge is 0.507 e. The standard InChI is InChI=1S/C18H20O4/c1-11(2)14-7-4-13(5-8-14)6-9-15(19)17-16(20)10-12(3)22-18(17)21/h4-5,7-8,10-11,20H,6,9H2,1-3H3. The fourth-order valence-corrected chi connectivity index (χ4v) is 2.30.